The summed E-state index contributed by atoms with van der Waals surface area (Å²) in [7, 11) is 0. The Morgan fingerprint density at radius 3 is 2.82 bits per heavy atom. The number of nitrogens with zero attached hydrogens (tertiary/aromatic N) is 4. The Labute approximate surface area is 63.9 Å². The van der Waals surface area contributed by atoms with Crippen LogP contribution in [0.5, 0.6) is 0 Å². The summed E-state index contributed by atoms with van der Waals surface area (Å²) < 4.78 is 1.78. The van der Waals surface area contributed by atoms with Crippen LogP contribution in [0.3, 0.4) is 0 Å². The molecule has 0 saturated heterocycles. The standard InChI is InChI=1S/C7H8N4/c1-5-3-9-11-6(2)4-8-10-7(5)11/h3-4H,1-2H3. The van der Waals surface area contributed by atoms with E-state index in [0.29, 0.717) is 0 Å². The monoisotopic (exact) mass is 148 g/mol. The molecule has 0 bridgehead atoms. The second-order valence-corrected chi connectivity index (χ2v) is 2.55. The molecule has 2 heterocycles. The summed E-state index contributed by atoms with van der Waals surface area (Å²) in [5, 5.41) is 11.9. The van der Waals surface area contributed by atoms with Gasteiger partial charge in [-0.3, -0.25) is 0 Å². The van der Waals surface area contributed by atoms with Gasteiger partial charge in [0.2, 0.25) is 0 Å². The SMILES string of the molecule is Cc1cnn2c(C)cnnc12. The molecular weight excluding hydrogens is 140 g/mol. The number of hydrogen-bond donors (Lipinski definition) is 0. The molecular formula is C7H8N4. The fourth-order valence-corrected chi connectivity index (χ4v) is 1.02. The Kier molecular flexibility index (Phi) is 1.15. The lowest BCUT2D eigenvalue weighted by Gasteiger charge is -1.94. The van der Waals surface area contributed by atoms with Gasteiger partial charge in [-0.1, -0.05) is 0 Å². The maximum atomic E-state index is 4.13. The highest BCUT2D eigenvalue weighted by Crippen LogP contribution is 2.05. The van der Waals surface area contributed by atoms with Gasteiger partial charge in [-0.15, -0.1) is 5.10 Å². The smallest absolute Gasteiger partial charge is 0.180 e. The lowest BCUT2D eigenvalue weighted by Crippen LogP contribution is -1.96. The van der Waals surface area contributed by atoms with Crippen LogP contribution in [0.4, 0.5) is 0 Å². The molecule has 0 fully saturated rings. The van der Waals surface area contributed by atoms with E-state index in [1.165, 1.54) is 0 Å². The highest BCUT2D eigenvalue weighted by Gasteiger charge is 2.01. The van der Waals surface area contributed by atoms with E-state index >= 15 is 0 Å². The first-order valence-corrected chi connectivity index (χ1v) is 3.41. The fourth-order valence-electron chi connectivity index (χ4n) is 1.02. The number of aryl methyl sites for hydroxylation is 2. The molecule has 2 aromatic rings. The molecule has 2 rings (SSSR count). The summed E-state index contributed by atoms with van der Waals surface area (Å²) in [6, 6.07) is 0. The molecule has 0 unspecified atom stereocenters. The molecule has 11 heavy (non-hydrogen) atoms. The normalized spacial score (nSPS) is 10.7. The molecule has 0 aromatic carbocycles. The van der Waals surface area contributed by atoms with Crippen LogP contribution >= 0.6 is 0 Å². The average Bonchev–Trinajstić information content (AvgIpc) is 2.35. The molecule has 0 spiro atoms. The zero-order chi connectivity index (χ0) is 7.84. The Hall–Kier alpha value is -1.45. The molecule has 0 aliphatic heterocycles. The Morgan fingerprint density at radius 1 is 1.27 bits per heavy atom. The average molecular weight is 148 g/mol. The van der Waals surface area contributed by atoms with Crippen LogP contribution < -0.4 is 0 Å². The first-order chi connectivity index (χ1) is 5.29. The fraction of sp³-hybridized carbons (Fsp3) is 0.286. The first-order valence-electron chi connectivity index (χ1n) is 3.41. The summed E-state index contributed by atoms with van der Waals surface area (Å²) in [5.74, 6) is 0. The van der Waals surface area contributed by atoms with Gasteiger partial charge in [-0.05, 0) is 13.8 Å². The van der Waals surface area contributed by atoms with Crippen LogP contribution in [-0.2, 0) is 0 Å². The van der Waals surface area contributed by atoms with Crippen molar-refractivity contribution < 1.29 is 0 Å². The van der Waals surface area contributed by atoms with Crippen LogP contribution in [0.25, 0.3) is 5.65 Å². The zero-order valence-corrected chi connectivity index (χ0v) is 6.44. The van der Waals surface area contributed by atoms with Gasteiger partial charge in [0, 0.05) is 5.56 Å². The van der Waals surface area contributed by atoms with E-state index in [9.17, 15) is 0 Å². The third kappa shape index (κ3) is 0.790. The summed E-state index contributed by atoms with van der Waals surface area (Å²) in [6.45, 7) is 3.92. The van der Waals surface area contributed by atoms with Crippen LogP contribution in [0.1, 0.15) is 11.3 Å². The molecule has 0 radical (unpaired) electrons. The van der Waals surface area contributed by atoms with Gasteiger partial charge in [0.25, 0.3) is 0 Å². The summed E-state index contributed by atoms with van der Waals surface area (Å²) in [5.41, 5.74) is 2.90. The van der Waals surface area contributed by atoms with Crippen molar-refractivity contribution >= 4 is 5.65 Å². The first kappa shape index (κ1) is 6.27. The second kappa shape index (κ2) is 2.02. The van der Waals surface area contributed by atoms with E-state index in [-0.39, 0.29) is 0 Å². The van der Waals surface area contributed by atoms with Crippen molar-refractivity contribution in [3.8, 4) is 0 Å². The van der Waals surface area contributed by atoms with Crippen molar-refractivity contribution in [2.45, 2.75) is 13.8 Å². The van der Waals surface area contributed by atoms with E-state index in [0.717, 1.165) is 16.9 Å². The van der Waals surface area contributed by atoms with Crippen molar-refractivity contribution in [3.63, 3.8) is 0 Å². The van der Waals surface area contributed by atoms with Gasteiger partial charge in [0.1, 0.15) is 0 Å². The van der Waals surface area contributed by atoms with Crippen LogP contribution in [-0.4, -0.2) is 19.8 Å². The predicted molar refractivity (Wildman–Crippen MR) is 40.3 cm³/mol. The van der Waals surface area contributed by atoms with E-state index in [4.69, 9.17) is 0 Å². The minimum Gasteiger partial charge on any atom is -0.216 e. The van der Waals surface area contributed by atoms with E-state index in [1.54, 1.807) is 16.9 Å². The van der Waals surface area contributed by atoms with E-state index in [1.807, 2.05) is 13.8 Å². The Morgan fingerprint density at radius 2 is 2.09 bits per heavy atom. The molecule has 4 heteroatoms. The molecule has 0 aliphatic rings. The minimum absolute atomic E-state index is 0.838. The summed E-state index contributed by atoms with van der Waals surface area (Å²) in [6.07, 6.45) is 3.48. The maximum absolute atomic E-state index is 4.13. The highest BCUT2D eigenvalue weighted by molar-refractivity contribution is 5.44. The molecule has 0 atom stereocenters. The van der Waals surface area contributed by atoms with Crippen molar-refractivity contribution in [2.24, 2.45) is 0 Å². The van der Waals surface area contributed by atoms with Gasteiger partial charge in [0.15, 0.2) is 5.65 Å². The minimum atomic E-state index is 0.838. The highest BCUT2D eigenvalue weighted by atomic mass is 15.3. The van der Waals surface area contributed by atoms with Crippen LogP contribution in [0.2, 0.25) is 0 Å². The number of hydrogen-bond acceptors (Lipinski definition) is 3. The van der Waals surface area contributed by atoms with Gasteiger partial charge in [-0.25, -0.2) is 4.52 Å². The van der Waals surface area contributed by atoms with Gasteiger partial charge in [-0.2, -0.15) is 10.2 Å². The molecule has 2 aromatic heterocycles. The number of aromatic nitrogens is 4. The maximum Gasteiger partial charge on any atom is 0.180 e. The van der Waals surface area contributed by atoms with Gasteiger partial charge >= 0.3 is 0 Å². The quantitative estimate of drug-likeness (QED) is 0.553. The lowest BCUT2D eigenvalue weighted by molar-refractivity contribution is 0.849. The second-order valence-electron chi connectivity index (χ2n) is 2.55. The molecule has 0 saturated carbocycles. The third-order valence-corrected chi connectivity index (χ3v) is 1.65. The molecule has 0 amide bonds. The number of fused-ring (bicyclic) bond motifs is 1. The largest absolute Gasteiger partial charge is 0.216 e. The van der Waals surface area contributed by atoms with Crippen molar-refractivity contribution in [2.75, 3.05) is 0 Å². The lowest BCUT2D eigenvalue weighted by atomic mass is 10.4. The molecule has 4 nitrogen and oxygen atoms in total. The van der Waals surface area contributed by atoms with Gasteiger partial charge in [0.05, 0.1) is 18.1 Å². The summed E-state index contributed by atoms with van der Waals surface area (Å²) >= 11 is 0. The van der Waals surface area contributed by atoms with Crippen molar-refractivity contribution in [1.82, 2.24) is 19.8 Å². The predicted octanol–water partition coefficient (Wildman–Crippen LogP) is 0.741. The Balaban J connectivity index is 2.94. The van der Waals surface area contributed by atoms with Crippen LogP contribution in [0, 0.1) is 13.8 Å². The Bertz CT molecular complexity index is 390. The molecule has 0 N–H and O–H groups in total. The van der Waals surface area contributed by atoms with E-state index < -0.39 is 0 Å². The zero-order valence-electron chi connectivity index (χ0n) is 6.44. The van der Waals surface area contributed by atoms with Gasteiger partial charge < -0.3 is 0 Å². The van der Waals surface area contributed by atoms with Crippen LogP contribution in [0.15, 0.2) is 12.4 Å². The van der Waals surface area contributed by atoms with Crippen molar-refractivity contribution in [1.29, 1.82) is 0 Å². The van der Waals surface area contributed by atoms with Crippen molar-refractivity contribution in [3.05, 3.63) is 23.7 Å². The molecule has 0 aliphatic carbocycles. The number of rotatable bonds is 0. The van der Waals surface area contributed by atoms with E-state index in [2.05, 4.69) is 15.3 Å². The third-order valence-electron chi connectivity index (χ3n) is 1.65. The summed E-state index contributed by atoms with van der Waals surface area (Å²) in [4.78, 5) is 0. The topological polar surface area (TPSA) is 43.1 Å². The molecule has 56 valence electrons.